The van der Waals surface area contributed by atoms with Crippen LogP contribution >= 0.6 is 23.1 Å². The van der Waals surface area contributed by atoms with Crippen LogP contribution in [0.25, 0.3) is 0 Å². The Bertz CT molecular complexity index is 388. The minimum absolute atomic E-state index is 0.0878. The van der Waals surface area contributed by atoms with Gasteiger partial charge in [-0.1, -0.05) is 11.4 Å². The van der Waals surface area contributed by atoms with Crippen LogP contribution in [-0.2, 0) is 6.42 Å². The average Bonchev–Trinajstić information content (AvgIpc) is 2.86. The number of carbonyl (C=O) groups is 1. The van der Waals surface area contributed by atoms with E-state index in [2.05, 4.69) is 9.59 Å². The van der Waals surface area contributed by atoms with Crippen molar-refractivity contribution >= 4 is 29.0 Å². The Balaban J connectivity index is 2.02. The van der Waals surface area contributed by atoms with Crippen molar-refractivity contribution in [1.82, 2.24) is 14.5 Å². The number of aryl methyl sites for hydroxylation is 1. The molecule has 4 nitrogen and oxygen atoms in total. The summed E-state index contributed by atoms with van der Waals surface area (Å²) in [5.41, 5.74) is 0.819. The number of halogens is 1. The lowest BCUT2D eigenvalue weighted by Crippen LogP contribution is -2.38. The Hall–Kier alpha value is -0.680. The number of likely N-dealkylation sites (tertiary alicyclic amines) is 1. The van der Waals surface area contributed by atoms with Crippen LogP contribution < -0.4 is 0 Å². The molecule has 0 saturated carbocycles. The van der Waals surface area contributed by atoms with Crippen LogP contribution in [0.5, 0.6) is 0 Å². The first-order chi connectivity index (χ1) is 8.26. The van der Waals surface area contributed by atoms with Gasteiger partial charge in [-0.25, -0.2) is 0 Å². The lowest BCUT2D eigenvalue weighted by Gasteiger charge is -2.30. The number of nitrogens with zero attached hydrogens (tertiary/aromatic N) is 3. The summed E-state index contributed by atoms with van der Waals surface area (Å²) in [6.07, 6.45) is 2.77. The summed E-state index contributed by atoms with van der Waals surface area (Å²) in [7, 11) is 0. The minimum Gasteiger partial charge on any atom is -0.338 e. The number of rotatable bonds is 3. The quantitative estimate of drug-likeness (QED) is 0.793. The van der Waals surface area contributed by atoms with E-state index in [1.165, 1.54) is 11.5 Å². The molecule has 6 heteroatoms. The van der Waals surface area contributed by atoms with Gasteiger partial charge in [0, 0.05) is 19.0 Å². The van der Waals surface area contributed by atoms with E-state index in [4.69, 9.17) is 11.6 Å². The second-order valence-electron chi connectivity index (χ2n) is 4.29. The number of amides is 1. The highest BCUT2D eigenvalue weighted by molar-refractivity contribution is 7.08. The number of piperidine rings is 1. The summed E-state index contributed by atoms with van der Waals surface area (Å²) in [6, 6.07) is 0. The van der Waals surface area contributed by atoms with Crippen LogP contribution in [0.4, 0.5) is 0 Å². The second-order valence-corrected chi connectivity index (χ2v) is 5.35. The van der Waals surface area contributed by atoms with E-state index in [1.807, 2.05) is 11.8 Å². The standard InChI is InChI=1S/C11H16ClN3OS/c1-2-9-10(17-14-13-9)11(16)15-5-3-8(7-12)4-6-15/h8H,2-7H2,1H3. The van der Waals surface area contributed by atoms with Crippen LogP contribution in [-0.4, -0.2) is 39.4 Å². The van der Waals surface area contributed by atoms with Crippen LogP contribution in [0.15, 0.2) is 0 Å². The smallest absolute Gasteiger partial charge is 0.267 e. The largest absolute Gasteiger partial charge is 0.338 e. The predicted octanol–water partition coefficient (Wildman–Crippen LogP) is 2.19. The van der Waals surface area contributed by atoms with Gasteiger partial charge < -0.3 is 4.90 Å². The van der Waals surface area contributed by atoms with Gasteiger partial charge in [-0.2, -0.15) is 0 Å². The Labute approximate surface area is 110 Å². The molecular formula is C11H16ClN3OS. The van der Waals surface area contributed by atoms with Gasteiger partial charge >= 0.3 is 0 Å². The van der Waals surface area contributed by atoms with E-state index in [1.54, 1.807) is 0 Å². The molecule has 1 fully saturated rings. The molecule has 0 unspecified atom stereocenters. The molecule has 0 bridgehead atoms. The highest BCUT2D eigenvalue weighted by Crippen LogP contribution is 2.22. The summed E-state index contributed by atoms with van der Waals surface area (Å²) >= 11 is 7.04. The van der Waals surface area contributed by atoms with Gasteiger partial charge in [0.15, 0.2) is 0 Å². The van der Waals surface area contributed by atoms with Gasteiger partial charge in [-0.05, 0) is 36.7 Å². The Morgan fingerprint density at radius 1 is 1.53 bits per heavy atom. The van der Waals surface area contributed by atoms with E-state index in [0.717, 1.165) is 38.0 Å². The third kappa shape index (κ3) is 2.77. The zero-order valence-corrected chi connectivity index (χ0v) is 11.4. The summed E-state index contributed by atoms with van der Waals surface area (Å²) in [6.45, 7) is 3.60. The fourth-order valence-electron chi connectivity index (χ4n) is 2.04. The van der Waals surface area contributed by atoms with Crippen LogP contribution in [0.2, 0.25) is 0 Å². The molecule has 1 amide bonds. The lowest BCUT2D eigenvalue weighted by molar-refractivity contribution is 0.0702. The molecule has 1 aliphatic heterocycles. The van der Waals surface area contributed by atoms with Gasteiger partial charge in [0.2, 0.25) is 0 Å². The fourth-order valence-corrected chi connectivity index (χ4v) is 3.06. The van der Waals surface area contributed by atoms with Gasteiger partial charge in [0.25, 0.3) is 5.91 Å². The first-order valence-electron chi connectivity index (χ1n) is 5.92. The molecular weight excluding hydrogens is 258 g/mol. The first kappa shape index (κ1) is 12.8. The molecule has 0 spiro atoms. The van der Waals surface area contributed by atoms with Gasteiger partial charge in [0.05, 0.1) is 5.69 Å². The monoisotopic (exact) mass is 273 g/mol. The Kier molecular flexibility index (Phi) is 4.34. The van der Waals surface area contributed by atoms with E-state index >= 15 is 0 Å². The van der Waals surface area contributed by atoms with Gasteiger partial charge in [0.1, 0.15) is 4.88 Å². The molecule has 1 aromatic heterocycles. The molecule has 1 aromatic rings. The van der Waals surface area contributed by atoms with Crippen molar-refractivity contribution in [2.45, 2.75) is 26.2 Å². The number of carbonyl (C=O) groups excluding carboxylic acids is 1. The van der Waals surface area contributed by atoms with E-state index in [9.17, 15) is 4.79 Å². The summed E-state index contributed by atoms with van der Waals surface area (Å²) in [5, 5.41) is 3.98. The van der Waals surface area contributed by atoms with E-state index in [0.29, 0.717) is 16.7 Å². The molecule has 2 rings (SSSR count). The van der Waals surface area contributed by atoms with Gasteiger partial charge in [-0.3, -0.25) is 4.79 Å². The lowest BCUT2D eigenvalue weighted by atomic mass is 9.99. The molecule has 0 radical (unpaired) electrons. The highest BCUT2D eigenvalue weighted by Gasteiger charge is 2.26. The molecule has 0 N–H and O–H groups in total. The average molecular weight is 274 g/mol. The molecule has 0 aromatic carbocycles. The SMILES string of the molecule is CCc1nnsc1C(=O)N1CCC(CCl)CC1. The molecule has 0 atom stereocenters. The number of hydrogen-bond acceptors (Lipinski definition) is 4. The van der Waals surface area contributed by atoms with Crippen molar-refractivity contribution in [2.24, 2.45) is 5.92 Å². The third-order valence-electron chi connectivity index (χ3n) is 3.20. The summed E-state index contributed by atoms with van der Waals surface area (Å²) in [4.78, 5) is 14.9. The highest BCUT2D eigenvalue weighted by atomic mass is 35.5. The summed E-state index contributed by atoms with van der Waals surface area (Å²) < 4.78 is 3.86. The number of hydrogen-bond donors (Lipinski definition) is 0. The van der Waals surface area contributed by atoms with Crippen LogP contribution in [0.1, 0.15) is 35.1 Å². The maximum atomic E-state index is 12.3. The van der Waals surface area contributed by atoms with Crippen molar-refractivity contribution in [3.8, 4) is 0 Å². The molecule has 1 aliphatic rings. The zero-order valence-electron chi connectivity index (χ0n) is 9.86. The minimum atomic E-state index is 0.0878. The predicted molar refractivity (Wildman–Crippen MR) is 68.6 cm³/mol. The molecule has 0 aliphatic carbocycles. The van der Waals surface area contributed by atoms with Crippen molar-refractivity contribution in [3.05, 3.63) is 10.6 Å². The molecule has 17 heavy (non-hydrogen) atoms. The maximum absolute atomic E-state index is 12.3. The summed E-state index contributed by atoms with van der Waals surface area (Å²) in [5.74, 6) is 1.35. The van der Waals surface area contributed by atoms with Crippen molar-refractivity contribution in [3.63, 3.8) is 0 Å². The van der Waals surface area contributed by atoms with Crippen molar-refractivity contribution < 1.29 is 4.79 Å². The molecule has 1 saturated heterocycles. The topological polar surface area (TPSA) is 46.1 Å². The van der Waals surface area contributed by atoms with E-state index in [-0.39, 0.29) is 5.91 Å². The second kappa shape index (κ2) is 5.78. The maximum Gasteiger partial charge on any atom is 0.267 e. The first-order valence-corrected chi connectivity index (χ1v) is 7.23. The van der Waals surface area contributed by atoms with Crippen molar-refractivity contribution in [1.29, 1.82) is 0 Å². The van der Waals surface area contributed by atoms with Crippen LogP contribution in [0, 0.1) is 5.92 Å². The van der Waals surface area contributed by atoms with Crippen LogP contribution in [0.3, 0.4) is 0 Å². The number of alkyl halides is 1. The third-order valence-corrected chi connectivity index (χ3v) is 4.40. The molecule has 2 heterocycles. The Morgan fingerprint density at radius 2 is 2.24 bits per heavy atom. The fraction of sp³-hybridized carbons (Fsp3) is 0.727. The van der Waals surface area contributed by atoms with Gasteiger partial charge in [-0.15, -0.1) is 16.7 Å². The van der Waals surface area contributed by atoms with Crippen molar-refractivity contribution in [2.75, 3.05) is 19.0 Å². The zero-order chi connectivity index (χ0) is 12.3. The normalized spacial score (nSPS) is 17.4. The number of aromatic nitrogens is 2. The molecule has 94 valence electrons. The Morgan fingerprint density at radius 3 is 2.82 bits per heavy atom. The van der Waals surface area contributed by atoms with E-state index < -0.39 is 0 Å².